The molecule has 0 unspecified atom stereocenters. The quantitative estimate of drug-likeness (QED) is 0.786. The monoisotopic (exact) mass is 256 g/mol. The van der Waals surface area contributed by atoms with Gasteiger partial charge in [0, 0.05) is 13.0 Å². The first kappa shape index (κ1) is 14.1. The van der Waals surface area contributed by atoms with Gasteiger partial charge in [-0.25, -0.2) is 0 Å². The van der Waals surface area contributed by atoms with Crippen molar-refractivity contribution < 1.29 is 0 Å². The minimum Gasteiger partial charge on any atom is -0.315 e. The molecular formula is C17H24N2. The lowest BCUT2D eigenvalue weighted by molar-refractivity contribution is 0.443. The van der Waals surface area contributed by atoms with Crippen LogP contribution in [0.15, 0.2) is 24.3 Å². The van der Waals surface area contributed by atoms with Gasteiger partial charge in [0.2, 0.25) is 0 Å². The lowest BCUT2D eigenvalue weighted by atomic mass is 9.84. The van der Waals surface area contributed by atoms with Crippen LogP contribution in [0, 0.1) is 11.3 Å². The Balaban J connectivity index is 1.76. The van der Waals surface area contributed by atoms with E-state index in [0.29, 0.717) is 6.42 Å². The van der Waals surface area contributed by atoms with Crippen molar-refractivity contribution in [3.63, 3.8) is 0 Å². The van der Waals surface area contributed by atoms with Gasteiger partial charge in [-0.3, -0.25) is 0 Å². The Kier molecular flexibility index (Phi) is 5.91. The molecule has 0 saturated heterocycles. The number of hydrogen-bond acceptors (Lipinski definition) is 2. The Morgan fingerprint density at radius 1 is 1.05 bits per heavy atom. The summed E-state index contributed by atoms with van der Waals surface area (Å²) in [7, 11) is 0. The molecule has 1 N–H and O–H groups in total. The van der Waals surface area contributed by atoms with E-state index in [1.165, 1.54) is 43.2 Å². The summed E-state index contributed by atoms with van der Waals surface area (Å²) in [6, 6.07) is 11.3. The van der Waals surface area contributed by atoms with Crippen LogP contribution in [0.4, 0.5) is 0 Å². The summed E-state index contributed by atoms with van der Waals surface area (Å²) in [5.74, 6) is 0.802. The third-order valence-electron chi connectivity index (χ3n) is 4.06. The van der Waals surface area contributed by atoms with E-state index >= 15 is 0 Å². The van der Waals surface area contributed by atoms with Gasteiger partial charge in [0.25, 0.3) is 0 Å². The van der Waals surface area contributed by atoms with Crippen molar-refractivity contribution >= 4 is 0 Å². The second-order valence-electron chi connectivity index (χ2n) is 5.48. The highest BCUT2D eigenvalue weighted by Crippen LogP contribution is 2.32. The standard InChI is InChI=1S/C17H24N2/c18-12-4-13-19-14-11-15-7-9-17(10-8-15)16-5-2-1-3-6-16/h7-10,16,19H,1-6,11,13-14H2. The first-order valence-electron chi connectivity index (χ1n) is 7.56. The highest BCUT2D eigenvalue weighted by Gasteiger charge is 2.14. The predicted octanol–water partition coefficient (Wildman–Crippen LogP) is 3.78. The molecule has 1 saturated carbocycles. The topological polar surface area (TPSA) is 35.8 Å². The van der Waals surface area contributed by atoms with Crippen LogP contribution in [0.25, 0.3) is 0 Å². The predicted molar refractivity (Wildman–Crippen MR) is 79.1 cm³/mol. The molecule has 0 aromatic heterocycles. The Morgan fingerprint density at radius 2 is 1.79 bits per heavy atom. The van der Waals surface area contributed by atoms with Crippen LogP contribution < -0.4 is 5.32 Å². The molecule has 0 radical (unpaired) electrons. The second kappa shape index (κ2) is 7.96. The summed E-state index contributed by atoms with van der Waals surface area (Å²) in [6.07, 6.45) is 8.61. The summed E-state index contributed by atoms with van der Waals surface area (Å²) in [4.78, 5) is 0. The highest BCUT2D eigenvalue weighted by molar-refractivity contribution is 5.26. The van der Waals surface area contributed by atoms with E-state index in [1.54, 1.807) is 0 Å². The van der Waals surface area contributed by atoms with Crippen molar-refractivity contribution in [1.82, 2.24) is 5.32 Å². The molecule has 1 aliphatic carbocycles. The van der Waals surface area contributed by atoms with Crippen molar-refractivity contribution in [3.05, 3.63) is 35.4 Å². The molecule has 1 aromatic carbocycles. The van der Waals surface area contributed by atoms with E-state index in [0.717, 1.165) is 25.4 Å². The number of rotatable bonds is 6. The molecule has 2 heteroatoms. The van der Waals surface area contributed by atoms with E-state index in [-0.39, 0.29) is 0 Å². The Hall–Kier alpha value is -1.33. The highest BCUT2D eigenvalue weighted by atomic mass is 14.8. The van der Waals surface area contributed by atoms with Crippen LogP contribution in [0.3, 0.4) is 0 Å². The maximum absolute atomic E-state index is 8.45. The van der Waals surface area contributed by atoms with E-state index < -0.39 is 0 Å². The molecule has 19 heavy (non-hydrogen) atoms. The number of nitriles is 1. The molecule has 0 heterocycles. The maximum Gasteiger partial charge on any atom is 0.0635 e. The minimum absolute atomic E-state index is 0.598. The molecule has 0 atom stereocenters. The molecule has 102 valence electrons. The van der Waals surface area contributed by atoms with Gasteiger partial charge < -0.3 is 5.32 Å². The van der Waals surface area contributed by atoms with E-state index in [9.17, 15) is 0 Å². The van der Waals surface area contributed by atoms with Gasteiger partial charge in [-0.15, -0.1) is 0 Å². The van der Waals surface area contributed by atoms with Crippen LogP contribution >= 0.6 is 0 Å². The average Bonchev–Trinajstić information content (AvgIpc) is 2.49. The van der Waals surface area contributed by atoms with Crippen LogP contribution in [-0.4, -0.2) is 13.1 Å². The van der Waals surface area contributed by atoms with Gasteiger partial charge in [-0.2, -0.15) is 5.26 Å². The zero-order valence-corrected chi connectivity index (χ0v) is 11.7. The van der Waals surface area contributed by atoms with Gasteiger partial charge in [0.1, 0.15) is 0 Å². The van der Waals surface area contributed by atoms with Gasteiger partial charge >= 0.3 is 0 Å². The van der Waals surface area contributed by atoms with E-state index in [4.69, 9.17) is 5.26 Å². The Bertz CT molecular complexity index is 396. The van der Waals surface area contributed by atoms with Gasteiger partial charge in [0.15, 0.2) is 0 Å². The van der Waals surface area contributed by atoms with Crippen LogP contribution in [0.5, 0.6) is 0 Å². The molecule has 0 spiro atoms. The summed E-state index contributed by atoms with van der Waals surface area (Å²) in [6.45, 7) is 1.76. The van der Waals surface area contributed by atoms with Gasteiger partial charge in [-0.1, -0.05) is 43.5 Å². The van der Waals surface area contributed by atoms with E-state index in [2.05, 4.69) is 35.7 Å². The SMILES string of the molecule is N#CCCNCCc1ccc(C2CCCCC2)cc1. The lowest BCUT2D eigenvalue weighted by Gasteiger charge is -2.22. The fraction of sp³-hybridized carbons (Fsp3) is 0.588. The zero-order valence-electron chi connectivity index (χ0n) is 11.7. The summed E-state index contributed by atoms with van der Waals surface area (Å²) in [5, 5.41) is 11.7. The van der Waals surface area contributed by atoms with Gasteiger partial charge in [-0.05, 0) is 42.9 Å². The lowest BCUT2D eigenvalue weighted by Crippen LogP contribution is -2.18. The Morgan fingerprint density at radius 3 is 2.47 bits per heavy atom. The number of nitrogens with one attached hydrogen (secondary N) is 1. The third-order valence-corrected chi connectivity index (χ3v) is 4.06. The Labute approximate surface area is 116 Å². The van der Waals surface area contributed by atoms with Crippen LogP contribution in [0.1, 0.15) is 55.6 Å². The normalized spacial score (nSPS) is 16.2. The molecule has 1 fully saturated rings. The minimum atomic E-state index is 0.598. The van der Waals surface area contributed by atoms with Crippen molar-refractivity contribution in [2.75, 3.05) is 13.1 Å². The maximum atomic E-state index is 8.45. The summed E-state index contributed by atoms with van der Waals surface area (Å²) in [5.41, 5.74) is 2.92. The van der Waals surface area contributed by atoms with Gasteiger partial charge in [0.05, 0.1) is 6.07 Å². The summed E-state index contributed by atoms with van der Waals surface area (Å²) >= 11 is 0. The first-order chi connectivity index (χ1) is 9.40. The fourth-order valence-corrected chi connectivity index (χ4v) is 2.89. The largest absolute Gasteiger partial charge is 0.315 e. The molecule has 0 aliphatic heterocycles. The average molecular weight is 256 g/mol. The summed E-state index contributed by atoms with van der Waals surface area (Å²) < 4.78 is 0. The van der Waals surface area contributed by atoms with Crippen molar-refractivity contribution in [2.45, 2.75) is 50.9 Å². The molecule has 1 aromatic rings. The second-order valence-corrected chi connectivity index (χ2v) is 5.48. The fourth-order valence-electron chi connectivity index (χ4n) is 2.89. The molecule has 0 bridgehead atoms. The molecule has 2 rings (SSSR count). The molecule has 2 nitrogen and oxygen atoms in total. The number of hydrogen-bond donors (Lipinski definition) is 1. The first-order valence-corrected chi connectivity index (χ1v) is 7.56. The number of nitrogens with zero attached hydrogens (tertiary/aromatic N) is 1. The smallest absolute Gasteiger partial charge is 0.0635 e. The molecule has 1 aliphatic rings. The van der Waals surface area contributed by atoms with Crippen molar-refractivity contribution in [1.29, 1.82) is 5.26 Å². The number of benzene rings is 1. The third kappa shape index (κ3) is 4.69. The zero-order chi connectivity index (χ0) is 13.3. The molecule has 0 amide bonds. The van der Waals surface area contributed by atoms with Crippen LogP contribution in [-0.2, 0) is 6.42 Å². The molecular weight excluding hydrogens is 232 g/mol. The van der Waals surface area contributed by atoms with E-state index in [1.807, 2.05) is 0 Å². The van der Waals surface area contributed by atoms with Crippen molar-refractivity contribution in [2.24, 2.45) is 0 Å². The van der Waals surface area contributed by atoms with Crippen molar-refractivity contribution in [3.8, 4) is 6.07 Å². The van der Waals surface area contributed by atoms with Crippen LogP contribution in [0.2, 0.25) is 0 Å².